The van der Waals surface area contributed by atoms with Gasteiger partial charge in [0.15, 0.2) is 0 Å². The van der Waals surface area contributed by atoms with Gasteiger partial charge in [-0.2, -0.15) is 8.78 Å². The summed E-state index contributed by atoms with van der Waals surface area (Å²) in [6.07, 6.45) is 9.17. The molecule has 0 N–H and O–H groups in total. The van der Waals surface area contributed by atoms with Crippen molar-refractivity contribution in [2.45, 2.75) is 51.1 Å². The number of carbonyl (C=O) groups is 1. The molecule has 39 heavy (non-hydrogen) atoms. The minimum absolute atomic E-state index is 0.0573. The van der Waals surface area contributed by atoms with E-state index in [0.29, 0.717) is 18.4 Å². The maximum absolute atomic E-state index is 13.1. The number of fused-ring (bicyclic) bond motifs is 4. The van der Waals surface area contributed by atoms with Crippen LogP contribution in [0.1, 0.15) is 60.8 Å². The fourth-order valence-electron chi connectivity index (χ4n) is 6.87. The van der Waals surface area contributed by atoms with Crippen molar-refractivity contribution in [2.75, 3.05) is 6.61 Å². The maximum atomic E-state index is 13.1. The highest BCUT2D eigenvalue weighted by Gasteiger charge is 2.60. The molecule has 0 bridgehead atoms. The number of halogens is 2. The predicted octanol–water partition coefficient (Wildman–Crippen LogP) is 5.77. The summed E-state index contributed by atoms with van der Waals surface area (Å²) in [4.78, 5) is 26.3. The second kappa shape index (κ2) is 9.39. The molecule has 3 atom stereocenters. The van der Waals surface area contributed by atoms with Gasteiger partial charge in [0, 0.05) is 47.1 Å². The number of pyridine rings is 1. The third-order valence-electron chi connectivity index (χ3n) is 8.62. The van der Waals surface area contributed by atoms with Gasteiger partial charge in [-0.3, -0.25) is 4.79 Å². The van der Waals surface area contributed by atoms with Crippen LogP contribution in [0.25, 0.3) is 16.8 Å². The summed E-state index contributed by atoms with van der Waals surface area (Å²) in [5.41, 5.74) is 5.41. The first-order valence-corrected chi connectivity index (χ1v) is 13.6. The molecule has 2 fully saturated rings. The molecular weight excluding hydrogens is 502 g/mol. The van der Waals surface area contributed by atoms with Gasteiger partial charge in [0.1, 0.15) is 17.2 Å². The largest absolute Gasteiger partial charge is 0.466 e. The van der Waals surface area contributed by atoms with Crippen LogP contribution in [-0.4, -0.2) is 38.5 Å². The number of imidazole rings is 1. The predicted molar refractivity (Wildman–Crippen MR) is 139 cm³/mol. The van der Waals surface area contributed by atoms with Gasteiger partial charge in [0.2, 0.25) is 0 Å². The number of rotatable bonds is 7. The van der Waals surface area contributed by atoms with Gasteiger partial charge >= 0.3 is 12.6 Å². The first-order valence-electron chi connectivity index (χ1n) is 13.6. The van der Waals surface area contributed by atoms with Crippen molar-refractivity contribution in [2.24, 2.45) is 17.8 Å². The van der Waals surface area contributed by atoms with Crippen molar-refractivity contribution in [1.82, 2.24) is 19.4 Å². The molecule has 0 saturated heterocycles. The molecular formula is C30H28F2N4O3. The molecule has 3 unspecified atom stereocenters. The van der Waals surface area contributed by atoms with E-state index in [9.17, 15) is 13.6 Å². The third-order valence-corrected chi connectivity index (χ3v) is 8.62. The van der Waals surface area contributed by atoms with Gasteiger partial charge in [0.05, 0.1) is 23.9 Å². The first-order chi connectivity index (χ1) is 19.0. The molecule has 0 radical (unpaired) electrons. The minimum atomic E-state index is -2.88. The summed E-state index contributed by atoms with van der Waals surface area (Å²) >= 11 is 0. The molecule has 3 heterocycles. The molecule has 2 saturated carbocycles. The number of para-hydroxylation sites is 1. The van der Waals surface area contributed by atoms with Gasteiger partial charge in [0.25, 0.3) is 0 Å². The van der Waals surface area contributed by atoms with Crippen LogP contribution in [0.3, 0.4) is 0 Å². The average Bonchev–Trinajstić information content (AvgIpc) is 3.26. The van der Waals surface area contributed by atoms with Crippen LogP contribution in [0.2, 0.25) is 0 Å². The Kier molecular flexibility index (Phi) is 5.82. The van der Waals surface area contributed by atoms with Crippen molar-refractivity contribution in [3.63, 3.8) is 0 Å². The highest BCUT2D eigenvalue weighted by molar-refractivity contribution is 5.77. The fourth-order valence-corrected chi connectivity index (χ4v) is 6.87. The number of hydrogen-bond donors (Lipinski definition) is 0. The van der Waals surface area contributed by atoms with E-state index < -0.39 is 6.61 Å². The molecule has 0 spiro atoms. The molecule has 3 aliphatic carbocycles. The van der Waals surface area contributed by atoms with E-state index in [2.05, 4.69) is 4.40 Å². The summed E-state index contributed by atoms with van der Waals surface area (Å²) in [6, 6.07) is 11.0. The zero-order chi connectivity index (χ0) is 26.7. The second-order valence-electron chi connectivity index (χ2n) is 10.7. The number of aromatic nitrogens is 4. The van der Waals surface area contributed by atoms with Gasteiger partial charge in [-0.05, 0) is 62.6 Å². The van der Waals surface area contributed by atoms with Gasteiger partial charge in [-0.15, -0.1) is 0 Å². The number of nitrogens with zero attached hydrogens (tertiary/aromatic N) is 4. The van der Waals surface area contributed by atoms with E-state index in [-0.39, 0.29) is 29.5 Å². The number of ether oxygens (including phenoxy) is 2. The van der Waals surface area contributed by atoms with Crippen LogP contribution in [0.5, 0.6) is 5.75 Å². The lowest BCUT2D eigenvalue weighted by Gasteiger charge is -2.17. The topological polar surface area (TPSA) is 78.6 Å². The minimum Gasteiger partial charge on any atom is -0.466 e. The molecule has 3 aromatic heterocycles. The van der Waals surface area contributed by atoms with Crippen molar-refractivity contribution >= 4 is 11.6 Å². The quantitative estimate of drug-likeness (QED) is 0.282. The Morgan fingerprint density at radius 2 is 1.85 bits per heavy atom. The molecule has 0 aliphatic heterocycles. The van der Waals surface area contributed by atoms with Crippen LogP contribution in [0.4, 0.5) is 8.78 Å². The molecule has 200 valence electrons. The highest BCUT2D eigenvalue weighted by atomic mass is 19.3. The molecule has 0 amide bonds. The lowest BCUT2D eigenvalue weighted by Crippen LogP contribution is -2.13. The molecule has 7 rings (SSSR count). The lowest BCUT2D eigenvalue weighted by atomic mass is 9.95. The Balaban J connectivity index is 1.13. The molecule has 1 aromatic carbocycles. The number of hydrogen-bond acceptors (Lipinski definition) is 6. The van der Waals surface area contributed by atoms with E-state index in [1.54, 1.807) is 12.1 Å². The summed E-state index contributed by atoms with van der Waals surface area (Å²) in [6.45, 7) is -0.606. The van der Waals surface area contributed by atoms with E-state index in [1.807, 2.05) is 49.8 Å². The standard InChI is InChI=1S/C30H28F2N4O3/c1-2-38-29(37)26-21-11-17(12-22(21)26)28-33-13-18(14-34-28)16-7-10-25-35-23-9-8-20(27(23)36(25)15-16)19-5-3-4-6-24(19)39-30(31)32/h3-7,10,13-15,17,20-22,26,30H,2,8-9,11-12H2,1H3. The van der Waals surface area contributed by atoms with Crippen molar-refractivity contribution in [3.8, 4) is 16.9 Å². The maximum Gasteiger partial charge on any atom is 0.387 e. The Morgan fingerprint density at radius 1 is 1.08 bits per heavy atom. The Labute approximate surface area is 224 Å². The van der Waals surface area contributed by atoms with Crippen molar-refractivity contribution < 1.29 is 23.0 Å². The van der Waals surface area contributed by atoms with Gasteiger partial charge < -0.3 is 13.9 Å². The SMILES string of the molecule is CCOC(=O)C1C2CC(c3ncc(-c4ccc5nc6c(n5c4)C(c4ccccc4OC(F)F)CC6)cn3)CC21. The van der Waals surface area contributed by atoms with Crippen LogP contribution in [-0.2, 0) is 16.0 Å². The highest BCUT2D eigenvalue weighted by Crippen LogP contribution is 2.62. The lowest BCUT2D eigenvalue weighted by molar-refractivity contribution is -0.145. The number of carbonyl (C=O) groups excluding carboxylic acids is 1. The van der Waals surface area contributed by atoms with Crippen molar-refractivity contribution in [3.05, 3.63) is 77.8 Å². The average molecular weight is 531 g/mol. The van der Waals surface area contributed by atoms with Gasteiger partial charge in [-0.1, -0.05) is 18.2 Å². The normalized spacial score (nSPS) is 25.1. The number of benzene rings is 1. The number of alkyl halides is 2. The van der Waals surface area contributed by atoms with Crippen LogP contribution < -0.4 is 4.74 Å². The van der Waals surface area contributed by atoms with Crippen molar-refractivity contribution in [1.29, 1.82) is 0 Å². The fraction of sp³-hybridized carbons (Fsp3) is 0.400. The molecule has 3 aliphatic rings. The Bertz CT molecular complexity index is 1540. The molecule has 7 nitrogen and oxygen atoms in total. The van der Waals surface area contributed by atoms with Crippen LogP contribution >= 0.6 is 0 Å². The third kappa shape index (κ3) is 4.15. The summed E-state index contributed by atoms with van der Waals surface area (Å²) in [5.74, 6) is 2.01. The van der Waals surface area contributed by atoms with Crippen LogP contribution in [0.15, 0.2) is 55.0 Å². The monoisotopic (exact) mass is 530 g/mol. The van der Waals surface area contributed by atoms with E-state index in [1.165, 1.54) is 0 Å². The molecule has 4 aromatic rings. The summed E-state index contributed by atoms with van der Waals surface area (Å²) in [7, 11) is 0. The van der Waals surface area contributed by atoms with E-state index >= 15 is 0 Å². The van der Waals surface area contributed by atoms with Gasteiger partial charge in [-0.25, -0.2) is 15.0 Å². The van der Waals surface area contributed by atoms with E-state index in [4.69, 9.17) is 24.4 Å². The Morgan fingerprint density at radius 3 is 2.59 bits per heavy atom. The summed E-state index contributed by atoms with van der Waals surface area (Å²) in [5, 5.41) is 0. The Hall–Kier alpha value is -3.88. The summed E-state index contributed by atoms with van der Waals surface area (Å²) < 4.78 is 38.3. The number of aryl methyl sites for hydroxylation is 1. The van der Waals surface area contributed by atoms with Crippen LogP contribution in [0, 0.1) is 17.8 Å². The second-order valence-corrected chi connectivity index (χ2v) is 10.7. The smallest absolute Gasteiger partial charge is 0.387 e. The molecule has 9 heteroatoms. The zero-order valence-electron chi connectivity index (χ0n) is 21.5. The van der Waals surface area contributed by atoms with E-state index in [0.717, 1.165) is 65.2 Å². The number of esters is 1. The zero-order valence-corrected chi connectivity index (χ0v) is 21.5. The first kappa shape index (κ1) is 24.2.